The van der Waals surface area contributed by atoms with Gasteiger partial charge in [0.15, 0.2) is 0 Å². The minimum atomic E-state index is 1.06. The van der Waals surface area contributed by atoms with Crippen LogP contribution >= 0.6 is 0 Å². The number of likely N-dealkylation sites (N-methyl/N-ethyl adjacent to an activating group) is 1. The van der Waals surface area contributed by atoms with Gasteiger partial charge in [-0.2, -0.15) is 0 Å². The van der Waals surface area contributed by atoms with Crippen molar-refractivity contribution in [2.75, 3.05) is 40.8 Å². The number of unbranched alkanes of at least 4 members (excludes halogenated alkanes) is 3. The Balaban J connectivity index is 2.99. The van der Waals surface area contributed by atoms with E-state index >= 15 is 0 Å². The first-order valence-corrected chi connectivity index (χ1v) is 7.49. The molecule has 0 amide bonds. The Kier molecular flexibility index (Phi) is 8.53. The molecule has 0 atom stereocenters. The molecule has 0 aromatic heterocycles. The summed E-state index contributed by atoms with van der Waals surface area (Å²) in [6.07, 6.45) is 5.68. The molecule has 0 aliphatic carbocycles. The maximum Gasteiger partial charge on any atom is 0.0907 e. The third-order valence-corrected chi connectivity index (χ3v) is 3.12. The van der Waals surface area contributed by atoms with E-state index in [9.17, 15) is 0 Å². The molecular weight excluding hydrogens is 188 g/mol. The van der Waals surface area contributed by atoms with Gasteiger partial charge in [0.1, 0.15) is 0 Å². The summed E-state index contributed by atoms with van der Waals surface area (Å²) in [5, 5.41) is 3.51. The quantitative estimate of drug-likeness (QED) is 0.339. The van der Waals surface area contributed by atoms with Crippen LogP contribution in [0.4, 0.5) is 0 Å². The van der Waals surface area contributed by atoms with Crippen LogP contribution in [-0.4, -0.2) is 55.5 Å². The number of nitrogens with one attached hydrogen (secondary N) is 1. The highest BCUT2D eigenvalue weighted by Crippen LogP contribution is 2.00. The molecular formula is C11H29N2Si+. The summed E-state index contributed by atoms with van der Waals surface area (Å²) < 4.78 is 1.06. The molecule has 0 radical (unpaired) electrons. The van der Waals surface area contributed by atoms with E-state index in [1.54, 1.807) is 0 Å². The normalized spacial score (nSPS) is 12.2. The summed E-state index contributed by atoms with van der Waals surface area (Å²) in [4.78, 5) is 0. The molecule has 0 aliphatic rings. The Morgan fingerprint density at radius 3 is 2.14 bits per heavy atom. The van der Waals surface area contributed by atoms with Crippen LogP contribution < -0.4 is 5.32 Å². The van der Waals surface area contributed by atoms with Gasteiger partial charge in [-0.15, -0.1) is 0 Å². The van der Waals surface area contributed by atoms with Crippen molar-refractivity contribution in [3.05, 3.63) is 0 Å². The highest BCUT2D eigenvalue weighted by atomic mass is 28.1. The standard InChI is InChI=1S/C11H29N2Si/c1-13(2,3)10-9-12-8-6-4-5-7-11-14/h12H,4-11H2,1-3,14H3/q+1. The Hall–Kier alpha value is 0.137. The second-order valence-electron chi connectivity index (χ2n) is 5.18. The minimum absolute atomic E-state index is 1.06. The molecule has 0 aliphatic heterocycles. The van der Waals surface area contributed by atoms with Crippen molar-refractivity contribution >= 4 is 10.2 Å². The largest absolute Gasteiger partial charge is 0.330 e. The van der Waals surface area contributed by atoms with Gasteiger partial charge in [0, 0.05) is 16.8 Å². The molecule has 14 heavy (non-hydrogen) atoms. The topological polar surface area (TPSA) is 12.0 Å². The number of nitrogens with zero attached hydrogens (tertiary/aromatic N) is 1. The van der Waals surface area contributed by atoms with Gasteiger partial charge < -0.3 is 9.80 Å². The highest BCUT2D eigenvalue weighted by Gasteiger charge is 2.04. The number of hydrogen-bond acceptors (Lipinski definition) is 1. The van der Waals surface area contributed by atoms with Crippen molar-refractivity contribution in [3.8, 4) is 0 Å². The van der Waals surface area contributed by atoms with E-state index in [0.29, 0.717) is 0 Å². The Morgan fingerprint density at radius 2 is 1.57 bits per heavy atom. The van der Waals surface area contributed by atoms with Crippen LogP contribution in [0.25, 0.3) is 0 Å². The summed E-state index contributed by atoms with van der Waals surface area (Å²) in [7, 11) is 8.11. The average Bonchev–Trinajstić information content (AvgIpc) is 2.08. The molecule has 0 spiro atoms. The number of quaternary nitrogens is 1. The average molecular weight is 217 g/mol. The molecule has 0 unspecified atom stereocenters. The van der Waals surface area contributed by atoms with Crippen molar-refractivity contribution < 1.29 is 4.48 Å². The van der Waals surface area contributed by atoms with Crippen LogP contribution in [0.1, 0.15) is 25.7 Å². The van der Waals surface area contributed by atoms with Crippen LogP contribution in [0.2, 0.25) is 6.04 Å². The lowest BCUT2D eigenvalue weighted by molar-refractivity contribution is -0.869. The molecule has 0 bridgehead atoms. The second-order valence-corrected chi connectivity index (χ2v) is 6.18. The van der Waals surface area contributed by atoms with Gasteiger partial charge in [-0.1, -0.05) is 25.3 Å². The van der Waals surface area contributed by atoms with Crippen molar-refractivity contribution in [2.45, 2.75) is 31.7 Å². The fourth-order valence-corrected chi connectivity index (χ4v) is 1.89. The van der Waals surface area contributed by atoms with Gasteiger partial charge in [0.25, 0.3) is 0 Å². The maximum absolute atomic E-state index is 3.51. The van der Waals surface area contributed by atoms with Gasteiger partial charge >= 0.3 is 0 Å². The Morgan fingerprint density at radius 1 is 0.929 bits per heavy atom. The highest BCUT2D eigenvalue weighted by molar-refractivity contribution is 6.08. The molecule has 0 aromatic carbocycles. The Labute approximate surface area is 93.1 Å². The van der Waals surface area contributed by atoms with Crippen LogP contribution in [0.5, 0.6) is 0 Å². The lowest BCUT2D eigenvalue weighted by Gasteiger charge is -2.23. The molecule has 0 aromatic rings. The molecule has 0 fully saturated rings. The monoisotopic (exact) mass is 217 g/mol. The molecule has 1 N–H and O–H groups in total. The molecule has 2 nitrogen and oxygen atoms in total. The van der Waals surface area contributed by atoms with Crippen LogP contribution in [0.3, 0.4) is 0 Å². The summed E-state index contributed by atoms with van der Waals surface area (Å²) in [6.45, 7) is 3.59. The third-order valence-electron chi connectivity index (χ3n) is 2.42. The smallest absolute Gasteiger partial charge is 0.0907 e. The zero-order valence-electron chi connectivity index (χ0n) is 10.6. The van der Waals surface area contributed by atoms with Crippen LogP contribution in [0.15, 0.2) is 0 Å². The molecule has 0 rings (SSSR count). The first-order valence-electron chi connectivity index (χ1n) is 6.07. The number of hydrogen-bond donors (Lipinski definition) is 1. The van der Waals surface area contributed by atoms with Crippen LogP contribution in [-0.2, 0) is 0 Å². The summed E-state index contributed by atoms with van der Waals surface area (Å²) in [5.74, 6) is 0. The predicted molar refractivity (Wildman–Crippen MR) is 69.0 cm³/mol. The van der Waals surface area contributed by atoms with Gasteiger partial charge in [0.2, 0.25) is 0 Å². The first kappa shape index (κ1) is 14.1. The second kappa shape index (κ2) is 8.45. The van der Waals surface area contributed by atoms with Crippen molar-refractivity contribution in [2.24, 2.45) is 0 Å². The molecule has 0 saturated heterocycles. The lowest BCUT2D eigenvalue weighted by atomic mass is 10.2. The Bertz CT molecular complexity index is 121. The fourth-order valence-electron chi connectivity index (χ4n) is 1.39. The van der Waals surface area contributed by atoms with Gasteiger partial charge in [0.05, 0.1) is 27.7 Å². The molecule has 0 heterocycles. The summed E-state index contributed by atoms with van der Waals surface area (Å²) in [6, 6.07) is 1.48. The van der Waals surface area contributed by atoms with Gasteiger partial charge in [-0.25, -0.2) is 0 Å². The third kappa shape index (κ3) is 12.1. The van der Waals surface area contributed by atoms with Crippen molar-refractivity contribution in [1.29, 1.82) is 0 Å². The summed E-state index contributed by atoms with van der Waals surface area (Å²) in [5.41, 5.74) is 0. The minimum Gasteiger partial charge on any atom is -0.330 e. The van der Waals surface area contributed by atoms with Gasteiger partial charge in [-0.05, 0) is 13.0 Å². The van der Waals surface area contributed by atoms with E-state index in [4.69, 9.17) is 0 Å². The van der Waals surface area contributed by atoms with Crippen LogP contribution in [0, 0.1) is 0 Å². The van der Waals surface area contributed by atoms with E-state index in [-0.39, 0.29) is 0 Å². The van der Waals surface area contributed by atoms with E-state index in [0.717, 1.165) is 11.0 Å². The zero-order valence-corrected chi connectivity index (χ0v) is 12.6. The number of rotatable bonds is 9. The van der Waals surface area contributed by atoms with E-state index < -0.39 is 0 Å². The molecule has 3 heteroatoms. The first-order chi connectivity index (χ1) is 6.56. The van der Waals surface area contributed by atoms with E-state index in [2.05, 4.69) is 26.5 Å². The van der Waals surface area contributed by atoms with Crippen molar-refractivity contribution in [3.63, 3.8) is 0 Å². The van der Waals surface area contributed by atoms with Gasteiger partial charge in [-0.3, -0.25) is 0 Å². The maximum atomic E-state index is 3.51. The van der Waals surface area contributed by atoms with E-state index in [1.807, 2.05) is 0 Å². The zero-order chi connectivity index (χ0) is 10.9. The SMILES string of the molecule is C[N+](C)(C)CCNCCCCCC[SiH3]. The summed E-state index contributed by atoms with van der Waals surface area (Å²) >= 11 is 0. The lowest BCUT2D eigenvalue weighted by Crippen LogP contribution is -2.40. The van der Waals surface area contributed by atoms with Crippen molar-refractivity contribution in [1.82, 2.24) is 5.32 Å². The predicted octanol–water partition coefficient (Wildman–Crippen LogP) is 0.626. The fraction of sp³-hybridized carbons (Fsp3) is 1.00. The molecule has 86 valence electrons. The van der Waals surface area contributed by atoms with E-state index in [1.165, 1.54) is 55.1 Å². The molecule has 0 saturated carbocycles.